The van der Waals surface area contributed by atoms with E-state index in [-0.39, 0.29) is 18.5 Å². The number of carbonyl (C=O) groups is 4. The van der Waals surface area contributed by atoms with E-state index < -0.39 is 60.1 Å². The molecule has 2 rings (SSSR count). The molecule has 1 fully saturated rings. The Bertz CT molecular complexity index is 794. The molecule has 1 saturated heterocycles. The van der Waals surface area contributed by atoms with Gasteiger partial charge in [-0.05, 0) is 12.1 Å². The Labute approximate surface area is 149 Å². The van der Waals surface area contributed by atoms with Crippen molar-refractivity contribution in [2.45, 2.75) is 19.1 Å². The van der Waals surface area contributed by atoms with E-state index in [1.807, 2.05) is 5.32 Å². The van der Waals surface area contributed by atoms with Crippen LogP contribution in [0.2, 0.25) is 0 Å². The van der Waals surface area contributed by atoms with Gasteiger partial charge >= 0.3 is 12.1 Å². The van der Waals surface area contributed by atoms with Crippen LogP contribution < -0.4 is 5.32 Å². The molecule has 2 N–H and O–H groups in total. The number of nitrogens with zero attached hydrogens (tertiary/aromatic N) is 1. The van der Waals surface area contributed by atoms with E-state index >= 15 is 0 Å². The smallest absolute Gasteiger partial charge is 0.416 e. The van der Waals surface area contributed by atoms with Crippen molar-refractivity contribution >= 4 is 23.6 Å². The van der Waals surface area contributed by atoms with Crippen molar-refractivity contribution in [3.63, 3.8) is 0 Å². The summed E-state index contributed by atoms with van der Waals surface area (Å²) >= 11 is 0. The monoisotopic (exact) mass is 390 g/mol. The minimum Gasteiger partial charge on any atom is -0.480 e. The Morgan fingerprint density at radius 3 is 2.48 bits per heavy atom. The fourth-order valence-corrected chi connectivity index (χ4v) is 2.56. The average Bonchev–Trinajstić information content (AvgIpc) is 2.56. The number of likely N-dealkylation sites (tertiary alicyclic amines) is 1. The molecule has 0 saturated carbocycles. The van der Waals surface area contributed by atoms with Crippen molar-refractivity contribution in [2.24, 2.45) is 5.92 Å². The second kappa shape index (κ2) is 7.72. The van der Waals surface area contributed by atoms with E-state index in [2.05, 4.69) is 0 Å². The van der Waals surface area contributed by atoms with Gasteiger partial charge in [0.2, 0.25) is 11.8 Å². The van der Waals surface area contributed by atoms with Gasteiger partial charge in [-0.15, -0.1) is 0 Å². The molecule has 7 nitrogen and oxygen atoms in total. The van der Waals surface area contributed by atoms with E-state index in [4.69, 9.17) is 5.11 Å². The lowest BCUT2D eigenvalue weighted by Crippen LogP contribution is -2.52. The number of aliphatic carboxylic acids is 1. The maximum atomic E-state index is 14.0. The maximum absolute atomic E-state index is 14.0. The van der Waals surface area contributed by atoms with Gasteiger partial charge in [-0.25, -0.2) is 4.39 Å². The van der Waals surface area contributed by atoms with Crippen LogP contribution in [0, 0.1) is 11.7 Å². The van der Waals surface area contributed by atoms with Gasteiger partial charge in [0.05, 0.1) is 5.56 Å². The van der Waals surface area contributed by atoms with Gasteiger partial charge in [-0.1, -0.05) is 6.07 Å². The number of hydrogen-bond donors (Lipinski definition) is 2. The van der Waals surface area contributed by atoms with Crippen LogP contribution in [0.3, 0.4) is 0 Å². The highest BCUT2D eigenvalue weighted by molar-refractivity contribution is 6.19. The molecule has 146 valence electrons. The van der Waals surface area contributed by atoms with Gasteiger partial charge in [0.25, 0.3) is 0 Å². The van der Waals surface area contributed by atoms with Crippen molar-refractivity contribution in [1.82, 2.24) is 10.2 Å². The zero-order valence-corrected chi connectivity index (χ0v) is 13.7. The zero-order valence-electron chi connectivity index (χ0n) is 13.7. The Hall–Kier alpha value is -2.98. The lowest BCUT2D eigenvalue weighted by atomic mass is 9.94. The highest BCUT2D eigenvalue weighted by Crippen LogP contribution is 2.30. The normalized spacial score (nSPS) is 17.8. The first kappa shape index (κ1) is 20.3. The summed E-state index contributed by atoms with van der Waals surface area (Å²) in [6, 6.07) is 1.84. The molecule has 1 aromatic rings. The second-order valence-electron chi connectivity index (χ2n) is 5.82. The molecule has 1 heterocycles. The predicted octanol–water partition coefficient (Wildman–Crippen LogP) is 0.963. The van der Waals surface area contributed by atoms with Gasteiger partial charge in [-0.3, -0.25) is 19.2 Å². The molecule has 1 aliphatic heterocycles. The molecule has 0 spiro atoms. The number of hydrogen-bond acceptors (Lipinski definition) is 4. The summed E-state index contributed by atoms with van der Waals surface area (Å²) < 4.78 is 51.7. The molecule has 1 unspecified atom stereocenters. The number of nitrogens with one attached hydrogen (secondary N) is 1. The summed E-state index contributed by atoms with van der Waals surface area (Å²) in [5.41, 5.74) is -1.40. The summed E-state index contributed by atoms with van der Waals surface area (Å²) in [5, 5.41) is 10.5. The highest BCUT2D eigenvalue weighted by atomic mass is 19.4. The summed E-state index contributed by atoms with van der Waals surface area (Å²) in [7, 11) is 0. The van der Waals surface area contributed by atoms with Gasteiger partial charge < -0.3 is 15.3 Å². The van der Waals surface area contributed by atoms with Gasteiger partial charge in [-0.2, -0.15) is 13.2 Å². The predicted molar refractivity (Wildman–Crippen MR) is 80.6 cm³/mol. The number of alkyl halides is 3. The number of benzene rings is 1. The molecular weight excluding hydrogens is 376 g/mol. The van der Waals surface area contributed by atoms with Crippen LogP contribution in [0.15, 0.2) is 18.2 Å². The zero-order chi connectivity index (χ0) is 20.4. The molecule has 1 atom stereocenters. The third-order valence-electron chi connectivity index (χ3n) is 3.93. The SMILES string of the molecule is O=C(O)CNC(=O)C1C(=O)CCN(Cc2ccc(C(F)(F)F)cc2F)C1=O. The van der Waals surface area contributed by atoms with E-state index in [0.717, 1.165) is 11.0 Å². The number of ketones is 1. The third kappa shape index (κ3) is 4.80. The maximum Gasteiger partial charge on any atom is 0.416 e. The lowest BCUT2D eigenvalue weighted by Gasteiger charge is -2.31. The van der Waals surface area contributed by atoms with E-state index in [9.17, 15) is 36.7 Å². The number of amides is 2. The van der Waals surface area contributed by atoms with Gasteiger partial charge in [0.15, 0.2) is 11.7 Å². The molecule has 1 aliphatic rings. The van der Waals surface area contributed by atoms with Crippen molar-refractivity contribution in [3.05, 3.63) is 35.1 Å². The number of halogens is 4. The fourth-order valence-electron chi connectivity index (χ4n) is 2.56. The standard InChI is InChI=1S/C16H14F4N2O5/c17-10-5-9(16(18,19)20)2-1-8(10)7-22-4-3-11(23)13(15(22)27)14(26)21-6-12(24)25/h1-2,5,13H,3-4,6-7H2,(H,21,26)(H,24,25). The number of rotatable bonds is 5. The van der Waals surface area contributed by atoms with Gasteiger partial charge in [0.1, 0.15) is 12.4 Å². The van der Waals surface area contributed by atoms with Crippen LogP contribution in [0.5, 0.6) is 0 Å². The number of carboxylic acid groups (broad SMARTS) is 1. The highest BCUT2D eigenvalue weighted by Gasteiger charge is 2.41. The quantitative estimate of drug-likeness (QED) is 0.576. The summed E-state index contributed by atoms with van der Waals surface area (Å²) in [5.74, 6) is -7.09. The number of carbonyl (C=O) groups excluding carboxylic acids is 3. The van der Waals surface area contributed by atoms with Crippen molar-refractivity contribution in [2.75, 3.05) is 13.1 Å². The van der Waals surface area contributed by atoms with Crippen molar-refractivity contribution < 1.29 is 41.8 Å². The molecule has 2 amide bonds. The Morgan fingerprint density at radius 2 is 1.93 bits per heavy atom. The molecule has 0 radical (unpaired) electrons. The number of Topliss-reactive ketones (excluding diaryl/α,β-unsaturated/α-hetero) is 1. The lowest BCUT2D eigenvalue weighted by molar-refractivity contribution is -0.152. The molecule has 27 heavy (non-hydrogen) atoms. The second-order valence-corrected chi connectivity index (χ2v) is 5.82. The first-order valence-corrected chi connectivity index (χ1v) is 7.67. The number of piperidine rings is 1. The van der Waals surface area contributed by atoms with E-state index in [1.54, 1.807) is 0 Å². The minimum atomic E-state index is -4.72. The summed E-state index contributed by atoms with van der Waals surface area (Å²) in [4.78, 5) is 47.6. The Balaban J connectivity index is 2.15. The molecule has 0 aromatic heterocycles. The fraction of sp³-hybridized carbons (Fsp3) is 0.375. The van der Waals surface area contributed by atoms with E-state index in [0.29, 0.717) is 12.1 Å². The molecular formula is C16H14F4N2O5. The minimum absolute atomic E-state index is 0.138. The van der Waals surface area contributed by atoms with E-state index in [1.165, 1.54) is 0 Å². The molecule has 1 aromatic carbocycles. The topological polar surface area (TPSA) is 104 Å². The van der Waals surface area contributed by atoms with Crippen molar-refractivity contribution in [3.8, 4) is 0 Å². The van der Waals surface area contributed by atoms with Crippen LogP contribution in [-0.4, -0.2) is 46.7 Å². The summed E-state index contributed by atoms with van der Waals surface area (Å²) in [6.45, 7) is -1.36. The summed E-state index contributed by atoms with van der Waals surface area (Å²) in [6.07, 6.45) is -4.95. The van der Waals surface area contributed by atoms with Crippen LogP contribution in [0.25, 0.3) is 0 Å². The first-order valence-electron chi connectivity index (χ1n) is 7.67. The van der Waals surface area contributed by atoms with Crippen molar-refractivity contribution in [1.29, 1.82) is 0 Å². The largest absolute Gasteiger partial charge is 0.480 e. The average molecular weight is 390 g/mol. The Kier molecular flexibility index (Phi) is 5.82. The molecule has 0 bridgehead atoms. The Morgan fingerprint density at radius 1 is 1.26 bits per heavy atom. The van der Waals surface area contributed by atoms with Gasteiger partial charge in [0, 0.05) is 25.1 Å². The number of carboxylic acids is 1. The molecule has 0 aliphatic carbocycles. The van der Waals surface area contributed by atoms with Crippen LogP contribution in [0.4, 0.5) is 17.6 Å². The van der Waals surface area contributed by atoms with Crippen LogP contribution >= 0.6 is 0 Å². The van der Waals surface area contributed by atoms with Crippen LogP contribution in [-0.2, 0) is 31.9 Å². The third-order valence-corrected chi connectivity index (χ3v) is 3.93. The first-order chi connectivity index (χ1) is 12.5. The van der Waals surface area contributed by atoms with Crippen LogP contribution in [0.1, 0.15) is 17.5 Å². The molecule has 11 heteroatoms.